The van der Waals surface area contributed by atoms with Crippen molar-refractivity contribution in [2.75, 3.05) is 0 Å². The highest BCUT2D eigenvalue weighted by molar-refractivity contribution is 7.98. The molecule has 0 N–H and O–H groups in total. The summed E-state index contributed by atoms with van der Waals surface area (Å²) < 4.78 is 6.12. The molecule has 0 amide bonds. The molecule has 0 fully saturated rings. The van der Waals surface area contributed by atoms with Crippen LogP contribution in [0.15, 0.2) is 94.6 Å². The maximum absolute atomic E-state index is 9.26. The molecule has 0 unspecified atom stereocenters. The molecule has 0 saturated carbocycles. The van der Waals surface area contributed by atoms with Crippen molar-refractivity contribution >= 4 is 11.8 Å². The van der Waals surface area contributed by atoms with E-state index in [1.54, 1.807) is 0 Å². The van der Waals surface area contributed by atoms with E-state index in [2.05, 4.69) is 6.07 Å². The zero-order valence-corrected chi connectivity index (χ0v) is 15.3. The summed E-state index contributed by atoms with van der Waals surface area (Å²) in [5, 5.41) is 9.86. The second-order valence-electron chi connectivity index (χ2n) is 5.95. The molecule has 0 aliphatic rings. The second-order valence-corrected chi connectivity index (χ2v) is 6.87. The van der Waals surface area contributed by atoms with Gasteiger partial charge in [-0.1, -0.05) is 90.6 Å². The van der Waals surface area contributed by atoms with E-state index >= 15 is 0 Å². The number of oxazole rings is 1. The quantitative estimate of drug-likeness (QED) is 0.395. The second kappa shape index (κ2) is 7.94. The molecule has 4 aromatic rings. The van der Waals surface area contributed by atoms with Gasteiger partial charge in [-0.05, 0) is 11.6 Å². The highest BCUT2D eigenvalue weighted by Gasteiger charge is 2.17. The molecular weight excluding hydrogens is 352 g/mol. The number of benzene rings is 3. The summed E-state index contributed by atoms with van der Waals surface area (Å²) in [6.07, 6.45) is 0. The topological polar surface area (TPSA) is 49.8 Å². The van der Waals surface area contributed by atoms with Crippen molar-refractivity contribution in [1.29, 1.82) is 5.26 Å². The number of hydrogen-bond donors (Lipinski definition) is 0. The number of nitriles is 1. The molecule has 1 aromatic heterocycles. The number of hydrogen-bond acceptors (Lipinski definition) is 4. The van der Waals surface area contributed by atoms with E-state index in [0.717, 1.165) is 28.1 Å². The van der Waals surface area contributed by atoms with Gasteiger partial charge in [-0.2, -0.15) is 5.26 Å². The molecular formula is C23H16N2OS. The first kappa shape index (κ1) is 17.1. The molecule has 27 heavy (non-hydrogen) atoms. The molecule has 4 heteroatoms. The van der Waals surface area contributed by atoms with Crippen molar-refractivity contribution in [3.8, 4) is 28.7 Å². The average Bonchev–Trinajstić information content (AvgIpc) is 3.18. The SMILES string of the molecule is N#Cc1ccccc1CSc1nc(-c2ccccc2)c(-c2ccccc2)o1. The highest BCUT2D eigenvalue weighted by atomic mass is 32.2. The lowest BCUT2D eigenvalue weighted by Crippen LogP contribution is -1.86. The molecule has 3 aromatic carbocycles. The first-order valence-electron chi connectivity index (χ1n) is 8.57. The number of aromatic nitrogens is 1. The van der Waals surface area contributed by atoms with Crippen LogP contribution in [-0.2, 0) is 5.75 Å². The third-order valence-corrected chi connectivity index (χ3v) is 5.06. The van der Waals surface area contributed by atoms with E-state index in [0.29, 0.717) is 16.5 Å². The zero-order chi connectivity index (χ0) is 18.5. The van der Waals surface area contributed by atoms with Crippen LogP contribution in [0.3, 0.4) is 0 Å². The predicted molar refractivity (Wildman–Crippen MR) is 108 cm³/mol. The van der Waals surface area contributed by atoms with E-state index in [1.165, 1.54) is 11.8 Å². The zero-order valence-electron chi connectivity index (χ0n) is 14.5. The van der Waals surface area contributed by atoms with Crippen molar-refractivity contribution in [1.82, 2.24) is 4.98 Å². The molecule has 130 valence electrons. The Hall–Kier alpha value is -3.29. The molecule has 0 spiro atoms. The fourth-order valence-corrected chi connectivity index (χ4v) is 3.66. The molecule has 0 saturated heterocycles. The minimum absolute atomic E-state index is 0.598. The minimum atomic E-state index is 0.598. The predicted octanol–water partition coefficient (Wildman–Crippen LogP) is 6.17. The lowest BCUT2D eigenvalue weighted by Gasteiger charge is -2.01. The van der Waals surface area contributed by atoms with Crippen LogP contribution >= 0.6 is 11.8 Å². The largest absolute Gasteiger partial charge is 0.431 e. The molecule has 0 radical (unpaired) electrons. The van der Waals surface area contributed by atoms with E-state index in [9.17, 15) is 5.26 Å². The van der Waals surface area contributed by atoms with Gasteiger partial charge in [0.15, 0.2) is 5.76 Å². The summed E-state index contributed by atoms with van der Waals surface area (Å²) in [6, 6.07) is 29.9. The van der Waals surface area contributed by atoms with Gasteiger partial charge in [0.2, 0.25) is 0 Å². The first-order chi connectivity index (χ1) is 13.3. The Morgan fingerprint density at radius 2 is 1.44 bits per heavy atom. The highest BCUT2D eigenvalue weighted by Crippen LogP contribution is 2.36. The van der Waals surface area contributed by atoms with E-state index < -0.39 is 0 Å². The first-order valence-corrected chi connectivity index (χ1v) is 9.56. The van der Waals surface area contributed by atoms with Gasteiger partial charge in [0.1, 0.15) is 5.69 Å². The lowest BCUT2D eigenvalue weighted by atomic mass is 10.1. The Labute approximate surface area is 162 Å². The van der Waals surface area contributed by atoms with Crippen LogP contribution in [0.5, 0.6) is 0 Å². The van der Waals surface area contributed by atoms with E-state index in [1.807, 2.05) is 84.9 Å². The van der Waals surface area contributed by atoms with Crippen LogP contribution in [0, 0.1) is 11.3 Å². The average molecular weight is 368 g/mol. The summed E-state index contributed by atoms with van der Waals surface area (Å²) in [5.41, 5.74) is 4.50. The van der Waals surface area contributed by atoms with Crippen LogP contribution < -0.4 is 0 Å². The molecule has 0 aliphatic heterocycles. The summed E-state index contributed by atoms with van der Waals surface area (Å²) >= 11 is 1.50. The maximum Gasteiger partial charge on any atom is 0.257 e. The van der Waals surface area contributed by atoms with Gasteiger partial charge in [-0.3, -0.25) is 0 Å². The number of thioether (sulfide) groups is 1. The van der Waals surface area contributed by atoms with E-state index in [4.69, 9.17) is 9.40 Å². The normalized spacial score (nSPS) is 10.5. The third kappa shape index (κ3) is 3.79. The fourth-order valence-electron chi connectivity index (χ4n) is 2.83. The molecule has 4 rings (SSSR count). The monoisotopic (exact) mass is 368 g/mol. The Balaban J connectivity index is 1.68. The van der Waals surface area contributed by atoms with Crippen LogP contribution in [0.4, 0.5) is 0 Å². The van der Waals surface area contributed by atoms with Crippen LogP contribution in [-0.4, -0.2) is 4.98 Å². The summed E-state index contributed by atoms with van der Waals surface area (Å²) in [6.45, 7) is 0. The molecule has 0 aliphatic carbocycles. The smallest absolute Gasteiger partial charge is 0.257 e. The van der Waals surface area contributed by atoms with Gasteiger partial charge in [0, 0.05) is 16.9 Å². The summed E-state index contributed by atoms with van der Waals surface area (Å²) in [7, 11) is 0. The van der Waals surface area contributed by atoms with Gasteiger partial charge in [0.25, 0.3) is 5.22 Å². The fraction of sp³-hybridized carbons (Fsp3) is 0.0435. The summed E-state index contributed by atoms with van der Waals surface area (Å²) in [4.78, 5) is 4.74. The van der Waals surface area contributed by atoms with Crippen molar-refractivity contribution in [2.45, 2.75) is 11.0 Å². The lowest BCUT2D eigenvalue weighted by molar-refractivity contribution is 0.466. The standard InChI is InChI=1S/C23H16N2OS/c24-15-19-13-7-8-14-20(19)16-27-23-25-21(17-9-3-1-4-10-17)22(26-23)18-11-5-2-6-12-18/h1-14H,16H2. The molecule has 1 heterocycles. The summed E-state index contributed by atoms with van der Waals surface area (Å²) in [5.74, 6) is 1.39. The van der Waals surface area contributed by atoms with E-state index in [-0.39, 0.29) is 0 Å². The van der Waals surface area contributed by atoms with Crippen LogP contribution in [0.2, 0.25) is 0 Å². The third-order valence-electron chi connectivity index (χ3n) is 4.18. The van der Waals surface area contributed by atoms with Crippen molar-refractivity contribution in [2.24, 2.45) is 0 Å². The van der Waals surface area contributed by atoms with Crippen LogP contribution in [0.25, 0.3) is 22.6 Å². The van der Waals surface area contributed by atoms with Gasteiger partial charge in [-0.15, -0.1) is 0 Å². The molecule has 0 bridgehead atoms. The van der Waals surface area contributed by atoms with Gasteiger partial charge < -0.3 is 4.42 Å². The number of rotatable bonds is 5. The van der Waals surface area contributed by atoms with Crippen molar-refractivity contribution < 1.29 is 4.42 Å². The molecule has 0 atom stereocenters. The number of nitrogens with zero attached hydrogens (tertiary/aromatic N) is 2. The maximum atomic E-state index is 9.26. The Morgan fingerprint density at radius 3 is 2.15 bits per heavy atom. The van der Waals surface area contributed by atoms with Crippen molar-refractivity contribution in [3.63, 3.8) is 0 Å². The van der Waals surface area contributed by atoms with Gasteiger partial charge >= 0.3 is 0 Å². The Kier molecular flexibility index (Phi) is 5.04. The Bertz CT molecular complexity index is 1030. The van der Waals surface area contributed by atoms with Gasteiger partial charge in [0.05, 0.1) is 11.6 Å². The van der Waals surface area contributed by atoms with Crippen molar-refractivity contribution in [3.05, 3.63) is 96.1 Å². The van der Waals surface area contributed by atoms with Crippen LogP contribution in [0.1, 0.15) is 11.1 Å². The molecule has 3 nitrogen and oxygen atoms in total. The Morgan fingerprint density at radius 1 is 0.815 bits per heavy atom. The minimum Gasteiger partial charge on any atom is -0.431 e. The van der Waals surface area contributed by atoms with Gasteiger partial charge in [-0.25, -0.2) is 4.98 Å².